The van der Waals surface area contributed by atoms with Crippen molar-refractivity contribution in [2.24, 2.45) is 0 Å². The van der Waals surface area contributed by atoms with Crippen molar-refractivity contribution in [3.05, 3.63) is 47.2 Å². The van der Waals surface area contributed by atoms with Crippen LogP contribution < -0.4 is 0 Å². The van der Waals surface area contributed by atoms with Crippen molar-refractivity contribution >= 4 is 23.4 Å². The standard InChI is InChI=1S/C13H10ClN5S/c1-8-12(20-11-5-3-2-4-10(11)14)6-9(7-15-8)13-16-18-19-17-13/h2-7H,1H3,(H,16,17,18,19). The van der Waals surface area contributed by atoms with Crippen LogP contribution in [0.15, 0.2) is 46.3 Å². The van der Waals surface area contributed by atoms with Gasteiger partial charge in [-0.25, -0.2) is 0 Å². The molecular formula is C13H10ClN5S. The van der Waals surface area contributed by atoms with Crippen LogP contribution in [0.25, 0.3) is 11.4 Å². The maximum Gasteiger partial charge on any atom is 0.206 e. The Hall–Kier alpha value is -1.92. The van der Waals surface area contributed by atoms with Gasteiger partial charge >= 0.3 is 0 Å². The number of hydrogen-bond donors (Lipinski definition) is 1. The van der Waals surface area contributed by atoms with E-state index >= 15 is 0 Å². The van der Waals surface area contributed by atoms with Crippen LogP contribution in [-0.2, 0) is 0 Å². The number of nitrogens with zero attached hydrogens (tertiary/aromatic N) is 4. The highest BCUT2D eigenvalue weighted by molar-refractivity contribution is 7.99. The average molecular weight is 304 g/mol. The van der Waals surface area contributed by atoms with Gasteiger partial charge in [0.05, 0.1) is 10.7 Å². The molecule has 0 aliphatic rings. The Morgan fingerprint density at radius 1 is 1.20 bits per heavy atom. The van der Waals surface area contributed by atoms with Crippen LogP contribution in [0.5, 0.6) is 0 Å². The molecule has 0 saturated heterocycles. The average Bonchev–Trinajstić information content (AvgIpc) is 2.98. The van der Waals surface area contributed by atoms with Crippen molar-refractivity contribution in [2.75, 3.05) is 0 Å². The highest BCUT2D eigenvalue weighted by Gasteiger charge is 2.10. The molecule has 3 aromatic rings. The van der Waals surface area contributed by atoms with E-state index in [-0.39, 0.29) is 0 Å². The summed E-state index contributed by atoms with van der Waals surface area (Å²) in [7, 11) is 0. The highest BCUT2D eigenvalue weighted by atomic mass is 35.5. The first-order valence-corrected chi connectivity index (χ1v) is 7.06. The number of tetrazole rings is 1. The monoisotopic (exact) mass is 303 g/mol. The highest BCUT2D eigenvalue weighted by Crippen LogP contribution is 2.35. The third-order valence-electron chi connectivity index (χ3n) is 2.70. The fraction of sp³-hybridized carbons (Fsp3) is 0.0769. The Morgan fingerprint density at radius 3 is 2.80 bits per heavy atom. The molecule has 2 aromatic heterocycles. The lowest BCUT2D eigenvalue weighted by molar-refractivity contribution is 0.881. The Kier molecular flexibility index (Phi) is 3.66. The van der Waals surface area contributed by atoms with Crippen LogP contribution >= 0.6 is 23.4 Å². The van der Waals surface area contributed by atoms with E-state index in [0.29, 0.717) is 5.82 Å². The quantitative estimate of drug-likeness (QED) is 0.803. The second-order valence-electron chi connectivity index (χ2n) is 4.08. The largest absolute Gasteiger partial charge is 0.260 e. The van der Waals surface area contributed by atoms with E-state index in [1.54, 1.807) is 18.0 Å². The number of rotatable bonds is 3. The topological polar surface area (TPSA) is 67.3 Å². The van der Waals surface area contributed by atoms with Crippen LogP contribution in [-0.4, -0.2) is 25.6 Å². The number of nitrogens with one attached hydrogen (secondary N) is 1. The Labute approximate surface area is 124 Å². The van der Waals surface area contributed by atoms with Gasteiger partial charge in [0.15, 0.2) is 0 Å². The molecule has 20 heavy (non-hydrogen) atoms. The lowest BCUT2D eigenvalue weighted by Gasteiger charge is -2.07. The number of pyridine rings is 1. The van der Waals surface area contributed by atoms with Crippen LogP contribution in [0.2, 0.25) is 5.02 Å². The molecule has 0 aliphatic heterocycles. The van der Waals surface area contributed by atoms with E-state index in [2.05, 4.69) is 25.6 Å². The Balaban J connectivity index is 1.97. The molecule has 2 heterocycles. The molecular weight excluding hydrogens is 294 g/mol. The van der Waals surface area contributed by atoms with Gasteiger partial charge < -0.3 is 0 Å². The lowest BCUT2D eigenvalue weighted by atomic mass is 10.2. The third-order valence-corrected chi connectivity index (χ3v) is 4.35. The maximum absolute atomic E-state index is 6.18. The zero-order chi connectivity index (χ0) is 13.9. The summed E-state index contributed by atoms with van der Waals surface area (Å²) < 4.78 is 0. The van der Waals surface area contributed by atoms with Gasteiger partial charge in [-0.2, -0.15) is 5.21 Å². The van der Waals surface area contributed by atoms with Crippen molar-refractivity contribution in [2.45, 2.75) is 16.7 Å². The van der Waals surface area contributed by atoms with Crippen molar-refractivity contribution in [3.63, 3.8) is 0 Å². The summed E-state index contributed by atoms with van der Waals surface area (Å²) in [6, 6.07) is 9.71. The molecule has 0 amide bonds. The maximum atomic E-state index is 6.18. The number of benzene rings is 1. The zero-order valence-corrected chi connectivity index (χ0v) is 12.1. The van der Waals surface area contributed by atoms with Crippen molar-refractivity contribution in [3.8, 4) is 11.4 Å². The molecule has 3 rings (SSSR count). The molecule has 0 radical (unpaired) electrons. The van der Waals surface area contributed by atoms with Crippen molar-refractivity contribution in [1.82, 2.24) is 25.6 Å². The van der Waals surface area contributed by atoms with Gasteiger partial charge in [0, 0.05) is 21.6 Å². The molecule has 0 atom stereocenters. The smallest absolute Gasteiger partial charge is 0.206 e. The molecule has 0 fully saturated rings. The fourth-order valence-electron chi connectivity index (χ4n) is 1.67. The van der Waals surface area contributed by atoms with Crippen LogP contribution in [0.4, 0.5) is 0 Å². The van der Waals surface area contributed by atoms with Gasteiger partial charge in [0.1, 0.15) is 0 Å². The van der Waals surface area contributed by atoms with Gasteiger partial charge in [-0.3, -0.25) is 4.98 Å². The molecule has 0 aliphatic carbocycles. The molecule has 100 valence electrons. The second-order valence-corrected chi connectivity index (χ2v) is 5.57. The Morgan fingerprint density at radius 2 is 2.05 bits per heavy atom. The molecule has 0 spiro atoms. The minimum atomic E-state index is 0.526. The van der Waals surface area contributed by atoms with Gasteiger partial charge in [-0.05, 0) is 30.3 Å². The second kappa shape index (κ2) is 5.60. The summed E-state index contributed by atoms with van der Waals surface area (Å²) in [5.74, 6) is 0.526. The molecule has 1 N–H and O–H groups in total. The van der Waals surface area contributed by atoms with E-state index in [1.165, 1.54) is 0 Å². The van der Waals surface area contributed by atoms with Gasteiger partial charge in [0.25, 0.3) is 0 Å². The summed E-state index contributed by atoms with van der Waals surface area (Å²) in [5.41, 5.74) is 1.75. The predicted octanol–water partition coefficient (Wildman–Crippen LogP) is 3.37. The number of aromatic amines is 1. The van der Waals surface area contributed by atoms with Gasteiger partial charge in [-0.15, -0.1) is 10.2 Å². The lowest BCUT2D eigenvalue weighted by Crippen LogP contribution is -1.89. The van der Waals surface area contributed by atoms with E-state index in [4.69, 9.17) is 11.6 Å². The van der Waals surface area contributed by atoms with Gasteiger partial charge in [0.2, 0.25) is 5.82 Å². The Bertz CT molecular complexity index is 729. The summed E-state index contributed by atoms with van der Waals surface area (Å²) >= 11 is 7.76. The zero-order valence-electron chi connectivity index (χ0n) is 10.5. The summed E-state index contributed by atoms with van der Waals surface area (Å²) in [5, 5.41) is 14.6. The number of aryl methyl sites for hydroxylation is 1. The minimum absolute atomic E-state index is 0.526. The van der Waals surface area contributed by atoms with E-state index < -0.39 is 0 Å². The fourth-order valence-corrected chi connectivity index (χ4v) is 2.86. The molecule has 1 aromatic carbocycles. The molecule has 0 unspecified atom stereocenters. The first-order chi connectivity index (χ1) is 9.74. The third kappa shape index (κ3) is 2.66. The van der Waals surface area contributed by atoms with Crippen LogP contribution in [0, 0.1) is 6.92 Å². The number of hydrogen-bond acceptors (Lipinski definition) is 5. The van der Waals surface area contributed by atoms with Crippen LogP contribution in [0.1, 0.15) is 5.69 Å². The predicted molar refractivity (Wildman–Crippen MR) is 77.7 cm³/mol. The molecule has 0 saturated carbocycles. The normalized spacial score (nSPS) is 10.7. The molecule has 7 heteroatoms. The van der Waals surface area contributed by atoms with Gasteiger partial charge in [-0.1, -0.05) is 35.5 Å². The number of aromatic nitrogens is 5. The van der Waals surface area contributed by atoms with Crippen molar-refractivity contribution < 1.29 is 0 Å². The first kappa shape index (κ1) is 13.1. The van der Waals surface area contributed by atoms with E-state index in [9.17, 15) is 0 Å². The SMILES string of the molecule is Cc1ncc(-c2nn[nH]n2)cc1Sc1ccccc1Cl. The summed E-state index contributed by atoms with van der Waals surface area (Å²) in [4.78, 5) is 6.38. The molecule has 5 nitrogen and oxygen atoms in total. The van der Waals surface area contributed by atoms with Crippen molar-refractivity contribution in [1.29, 1.82) is 0 Å². The summed E-state index contributed by atoms with van der Waals surface area (Å²) in [6.07, 6.45) is 1.73. The van der Waals surface area contributed by atoms with E-state index in [1.807, 2.05) is 37.3 Å². The number of halogens is 1. The molecule has 0 bridgehead atoms. The van der Waals surface area contributed by atoms with E-state index in [0.717, 1.165) is 26.1 Å². The first-order valence-electron chi connectivity index (χ1n) is 5.87. The van der Waals surface area contributed by atoms with Crippen LogP contribution in [0.3, 0.4) is 0 Å². The minimum Gasteiger partial charge on any atom is -0.260 e. The summed E-state index contributed by atoms with van der Waals surface area (Å²) in [6.45, 7) is 1.96. The number of H-pyrrole nitrogens is 1.